The molecule has 0 aliphatic carbocycles. The van der Waals surface area contributed by atoms with Gasteiger partial charge in [-0.1, -0.05) is 17.7 Å². The molecule has 1 aliphatic rings. The predicted molar refractivity (Wildman–Crippen MR) is 92.8 cm³/mol. The van der Waals surface area contributed by atoms with Gasteiger partial charge in [-0.05, 0) is 48.1 Å². The molecule has 1 amide bonds. The first-order valence-electron chi connectivity index (χ1n) is 7.50. The lowest BCUT2D eigenvalue weighted by Gasteiger charge is -2.19. The Bertz CT molecular complexity index is 612. The van der Waals surface area contributed by atoms with Crippen LogP contribution in [0, 0.1) is 5.92 Å². The highest BCUT2D eigenvalue weighted by molar-refractivity contribution is 7.10. The van der Waals surface area contributed by atoms with E-state index in [4.69, 9.17) is 11.6 Å². The summed E-state index contributed by atoms with van der Waals surface area (Å²) in [6, 6.07) is 11.9. The lowest BCUT2D eigenvalue weighted by molar-refractivity contribution is -0.120. The Morgan fingerprint density at radius 1 is 1.32 bits per heavy atom. The van der Waals surface area contributed by atoms with Gasteiger partial charge in [0.05, 0.1) is 6.42 Å². The zero-order valence-corrected chi connectivity index (χ0v) is 13.9. The van der Waals surface area contributed by atoms with Crippen molar-refractivity contribution >= 4 is 34.5 Å². The maximum atomic E-state index is 11.9. The highest BCUT2D eigenvalue weighted by Crippen LogP contribution is 2.24. The highest BCUT2D eigenvalue weighted by Gasteiger charge is 2.23. The molecule has 3 nitrogen and oxygen atoms in total. The SMILES string of the molecule is O=C(Cc1cccs1)NC[C@@H]1CCN(c2ccc(Cl)cc2)C1. The molecule has 0 bridgehead atoms. The van der Waals surface area contributed by atoms with Gasteiger partial charge >= 0.3 is 0 Å². The van der Waals surface area contributed by atoms with Gasteiger partial charge in [0.25, 0.3) is 0 Å². The van der Waals surface area contributed by atoms with Crippen LogP contribution in [0.3, 0.4) is 0 Å². The number of benzene rings is 1. The summed E-state index contributed by atoms with van der Waals surface area (Å²) in [4.78, 5) is 15.4. The van der Waals surface area contributed by atoms with Gasteiger partial charge in [-0.15, -0.1) is 11.3 Å². The third kappa shape index (κ3) is 4.02. The average molecular weight is 335 g/mol. The summed E-state index contributed by atoms with van der Waals surface area (Å²) in [6.07, 6.45) is 1.60. The zero-order valence-electron chi connectivity index (χ0n) is 12.3. The fraction of sp³-hybridized carbons (Fsp3) is 0.353. The Balaban J connectivity index is 1.45. The Kier molecular flexibility index (Phi) is 5.01. The first-order chi connectivity index (χ1) is 10.7. The third-order valence-corrected chi connectivity index (χ3v) is 5.11. The van der Waals surface area contributed by atoms with Crippen molar-refractivity contribution in [2.45, 2.75) is 12.8 Å². The molecule has 3 rings (SSSR count). The van der Waals surface area contributed by atoms with Crippen LogP contribution in [0.15, 0.2) is 41.8 Å². The Hall–Kier alpha value is -1.52. The molecule has 0 spiro atoms. The molecule has 1 saturated heterocycles. The van der Waals surface area contributed by atoms with Crippen molar-refractivity contribution < 1.29 is 4.79 Å². The summed E-state index contributed by atoms with van der Waals surface area (Å²) in [7, 11) is 0. The monoisotopic (exact) mass is 334 g/mol. The normalized spacial score (nSPS) is 17.7. The van der Waals surface area contributed by atoms with Crippen molar-refractivity contribution in [3.8, 4) is 0 Å². The second-order valence-electron chi connectivity index (χ2n) is 5.64. The van der Waals surface area contributed by atoms with Gasteiger partial charge < -0.3 is 10.2 Å². The van der Waals surface area contributed by atoms with Crippen LogP contribution in [-0.2, 0) is 11.2 Å². The fourth-order valence-corrected chi connectivity index (χ4v) is 3.61. The predicted octanol–water partition coefficient (Wildman–Crippen LogP) is 3.59. The van der Waals surface area contributed by atoms with Gasteiger partial charge in [0.15, 0.2) is 0 Å². The number of amides is 1. The van der Waals surface area contributed by atoms with Crippen LogP contribution in [0.25, 0.3) is 0 Å². The molecule has 1 fully saturated rings. The first kappa shape index (κ1) is 15.4. The minimum Gasteiger partial charge on any atom is -0.371 e. The highest BCUT2D eigenvalue weighted by atomic mass is 35.5. The molecule has 116 valence electrons. The summed E-state index contributed by atoms with van der Waals surface area (Å²) >= 11 is 7.55. The number of carbonyl (C=O) groups excluding carboxylic acids is 1. The van der Waals surface area contributed by atoms with Crippen molar-refractivity contribution in [2.24, 2.45) is 5.92 Å². The number of thiophene rings is 1. The molecule has 1 aliphatic heterocycles. The number of halogens is 1. The fourth-order valence-electron chi connectivity index (χ4n) is 2.78. The van der Waals surface area contributed by atoms with E-state index in [9.17, 15) is 4.79 Å². The molecule has 1 atom stereocenters. The second kappa shape index (κ2) is 7.16. The van der Waals surface area contributed by atoms with Crippen molar-refractivity contribution in [3.63, 3.8) is 0 Å². The van der Waals surface area contributed by atoms with Crippen LogP contribution in [0.1, 0.15) is 11.3 Å². The van der Waals surface area contributed by atoms with Gasteiger partial charge in [0.2, 0.25) is 5.91 Å². The lowest BCUT2D eigenvalue weighted by atomic mass is 10.1. The van der Waals surface area contributed by atoms with Crippen LogP contribution in [0.2, 0.25) is 5.02 Å². The zero-order chi connectivity index (χ0) is 15.4. The third-order valence-electron chi connectivity index (χ3n) is 3.98. The summed E-state index contributed by atoms with van der Waals surface area (Å²) in [5, 5.41) is 5.83. The Labute approximate surface area is 139 Å². The molecular weight excluding hydrogens is 316 g/mol. The first-order valence-corrected chi connectivity index (χ1v) is 8.76. The Morgan fingerprint density at radius 2 is 2.14 bits per heavy atom. The van der Waals surface area contributed by atoms with Gasteiger partial charge in [-0.2, -0.15) is 0 Å². The molecule has 1 N–H and O–H groups in total. The van der Waals surface area contributed by atoms with Gasteiger partial charge in [-0.25, -0.2) is 0 Å². The van der Waals surface area contributed by atoms with E-state index in [-0.39, 0.29) is 5.91 Å². The quantitative estimate of drug-likeness (QED) is 0.906. The number of hydrogen-bond donors (Lipinski definition) is 1. The van der Waals surface area contributed by atoms with Crippen LogP contribution in [-0.4, -0.2) is 25.5 Å². The summed E-state index contributed by atoms with van der Waals surface area (Å²) in [5.41, 5.74) is 1.21. The smallest absolute Gasteiger partial charge is 0.225 e. The minimum absolute atomic E-state index is 0.118. The van der Waals surface area contributed by atoms with Crippen molar-refractivity contribution in [2.75, 3.05) is 24.5 Å². The molecule has 2 heterocycles. The lowest BCUT2D eigenvalue weighted by Crippen LogP contribution is -2.31. The van der Waals surface area contributed by atoms with E-state index in [0.717, 1.165) is 36.0 Å². The summed E-state index contributed by atoms with van der Waals surface area (Å²) < 4.78 is 0. The van der Waals surface area contributed by atoms with Crippen LogP contribution >= 0.6 is 22.9 Å². The van der Waals surface area contributed by atoms with Gasteiger partial charge in [0, 0.05) is 35.2 Å². The molecule has 0 saturated carbocycles. The molecule has 22 heavy (non-hydrogen) atoms. The number of rotatable bonds is 5. The standard InChI is InChI=1S/C17H19ClN2OS/c18-14-3-5-15(6-4-14)20-8-7-13(12-20)11-19-17(21)10-16-2-1-9-22-16/h1-6,9,13H,7-8,10-12H2,(H,19,21)/t13-/m0/s1. The molecule has 5 heteroatoms. The topological polar surface area (TPSA) is 32.3 Å². The molecule has 1 aromatic heterocycles. The van der Waals surface area contributed by atoms with E-state index in [1.165, 1.54) is 5.69 Å². The van der Waals surface area contributed by atoms with Crippen molar-refractivity contribution in [1.29, 1.82) is 0 Å². The maximum absolute atomic E-state index is 11.9. The van der Waals surface area contributed by atoms with E-state index in [1.54, 1.807) is 11.3 Å². The molecule has 0 radical (unpaired) electrons. The average Bonchev–Trinajstić information content (AvgIpc) is 3.17. The number of nitrogens with one attached hydrogen (secondary N) is 1. The summed E-state index contributed by atoms with van der Waals surface area (Å²) in [6.45, 7) is 2.78. The second-order valence-corrected chi connectivity index (χ2v) is 7.11. The van der Waals surface area contributed by atoms with E-state index in [1.807, 2.05) is 29.6 Å². The van der Waals surface area contributed by atoms with Crippen LogP contribution in [0.4, 0.5) is 5.69 Å². The van der Waals surface area contributed by atoms with E-state index in [2.05, 4.69) is 22.3 Å². The largest absolute Gasteiger partial charge is 0.371 e. The van der Waals surface area contributed by atoms with E-state index < -0.39 is 0 Å². The molecular formula is C17H19ClN2OS. The van der Waals surface area contributed by atoms with Gasteiger partial charge in [0.1, 0.15) is 0 Å². The molecule has 0 unspecified atom stereocenters. The molecule has 1 aromatic carbocycles. The maximum Gasteiger partial charge on any atom is 0.225 e. The van der Waals surface area contributed by atoms with Crippen molar-refractivity contribution in [1.82, 2.24) is 5.32 Å². The number of hydrogen-bond acceptors (Lipinski definition) is 3. The Morgan fingerprint density at radius 3 is 2.86 bits per heavy atom. The number of carbonyl (C=O) groups is 1. The van der Waals surface area contributed by atoms with Crippen molar-refractivity contribution in [3.05, 3.63) is 51.7 Å². The van der Waals surface area contributed by atoms with Gasteiger partial charge in [-0.3, -0.25) is 4.79 Å². The van der Waals surface area contributed by atoms with Crippen LogP contribution < -0.4 is 10.2 Å². The van der Waals surface area contributed by atoms with E-state index >= 15 is 0 Å². The minimum atomic E-state index is 0.118. The van der Waals surface area contributed by atoms with Crippen LogP contribution in [0.5, 0.6) is 0 Å². The molecule has 2 aromatic rings. The summed E-state index contributed by atoms with van der Waals surface area (Å²) in [5.74, 6) is 0.635. The number of nitrogens with zero attached hydrogens (tertiary/aromatic N) is 1. The van der Waals surface area contributed by atoms with E-state index in [0.29, 0.717) is 12.3 Å². The number of anilines is 1.